The Bertz CT molecular complexity index is 1220. The first-order valence-corrected chi connectivity index (χ1v) is 8.49. The first kappa shape index (κ1) is 18.3. The first-order valence-electron chi connectivity index (χ1n) is 8.49. The highest BCUT2D eigenvalue weighted by molar-refractivity contribution is 5.53. The Morgan fingerprint density at radius 2 is 0.643 bits per heavy atom. The van der Waals surface area contributed by atoms with Crippen LogP contribution in [0.2, 0.25) is 0 Å². The number of hydrogen-bond donors (Lipinski definition) is 0. The van der Waals surface area contributed by atoms with Crippen molar-refractivity contribution in [3.63, 3.8) is 0 Å². The van der Waals surface area contributed by atoms with Gasteiger partial charge >= 0.3 is 0 Å². The van der Waals surface area contributed by atoms with Crippen LogP contribution in [0.15, 0.2) is 66.7 Å². The first-order chi connectivity index (χ1) is 13.7. The molecule has 0 saturated carbocycles. The molecule has 3 aromatic rings. The van der Waals surface area contributed by atoms with Crippen molar-refractivity contribution in [2.24, 2.45) is 0 Å². The van der Waals surface area contributed by atoms with Gasteiger partial charge in [0.25, 0.3) is 0 Å². The van der Waals surface area contributed by atoms with Gasteiger partial charge in [0.2, 0.25) is 0 Å². The molecule has 0 N–H and O–H groups in total. The molecule has 0 saturated heterocycles. The Morgan fingerprint density at radius 3 is 1.00 bits per heavy atom. The quantitative estimate of drug-likeness (QED) is 0.526. The standard InChI is InChI=1S/C28H14/c1-4-22-7-9-25(10-8-22)11-12-26-13-15-27(16-14-26)17-18-28-20-23(5-2)19-24(6-3)21-28/h1-3,7-10,13-16,19-21H. The van der Waals surface area contributed by atoms with Crippen LogP contribution in [0.4, 0.5) is 0 Å². The zero-order valence-corrected chi connectivity index (χ0v) is 15.1. The zero-order chi connectivity index (χ0) is 19.8. The normalized spacial score (nSPS) is 8.75. The molecule has 0 amide bonds. The van der Waals surface area contributed by atoms with E-state index in [1.165, 1.54) is 0 Å². The van der Waals surface area contributed by atoms with Crippen LogP contribution in [0.5, 0.6) is 0 Å². The van der Waals surface area contributed by atoms with E-state index in [0.717, 1.165) is 38.9 Å². The van der Waals surface area contributed by atoms with Gasteiger partial charge in [0.05, 0.1) is 0 Å². The molecule has 3 rings (SSSR count). The Balaban J connectivity index is 1.77. The molecular formula is C28H14. The van der Waals surface area contributed by atoms with E-state index < -0.39 is 0 Å². The van der Waals surface area contributed by atoms with Crippen LogP contribution in [0.3, 0.4) is 0 Å². The third-order valence-electron chi connectivity index (χ3n) is 3.91. The molecule has 0 aliphatic carbocycles. The second kappa shape index (κ2) is 8.71. The van der Waals surface area contributed by atoms with Gasteiger partial charge in [-0.05, 0) is 66.7 Å². The molecule has 126 valence electrons. The lowest BCUT2D eigenvalue weighted by atomic mass is 10.1. The van der Waals surface area contributed by atoms with Gasteiger partial charge in [-0.25, -0.2) is 0 Å². The Labute approximate surface area is 166 Å². The summed E-state index contributed by atoms with van der Waals surface area (Å²) in [6, 6.07) is 20.8. The van der Waals surface area contributed by atoms with Crippen molar-refractivity contribution in [3.05, 3.63) is 106 Å². The smallest absolute Gasteiger partial charge is 0.0273 e. The van der Waals surface area contributed by atoms with Gasteiger partial charge < -0.3 is 0 Å². The molecule has 0 bridgehead atoms. The van der Waals surface area contributed by atoms with E-state index in [4.69, 9.17) is 19.3 Å². The predicted molar refractivity (Wildman–Crippen MR) is 115 cm³/mol. The lowest BCUT2D eigenvalue weighted by molar-refractivity contribution is 1.55. The number of hydrogen-bond acceptors (Lipinski definition) is 0. The van der Waals surface area contributed by atoms with E-state index in [-0.39, 0.29) is 0 Å². The molecule has 28 heavy (non-hydrogen) atoms. The summed E-state index contributed by atoms with van der Waals surface area (Å²) in [5.74, 6) is 20.3. The summed E-state index contributed by atoms with van der Waals surface area (Å²) in [4.78, 5) is 0. The summed E-state index contributed by atoms with van der Waals surface area (Å²) in [5, 5.41) is 0. The molecule has 3 aromatic carbocycles. The highest BCUT2D eigenvalue weighted by Crippen LogP contribution is 2.09. The Morgan fingerprint density at radius 1 is 0.357 bits per heavy atom. The van der Waals surface area contributed by atoms with Crippen molar-refractivity contribution in [2.45, 2.75) is 0 Å². The molecule has 0 heterocycles. The van der Waals surface area contributed by atoms with Crippen molar-refractivity contribution < 1.29 is 0 Å². The molecule has 0 aromatic heterocycles. The molecule has 0 nitrogen and oxygen atoms in total. The van der Waals surface area contributed by atoms with Crippen molar-refractivity contribution >= 4 is 0 Å². The number of terminal acetylenes is 3. The van der Waals surface area contributed by atoms with Gasteiger partial charge in [-0.15, -0.1) is 19.3 Å². The summed E-state index contributed by atoms with van der Waals surface area (Å²) in [6.45, 7) is 0. The largest absolute Gasteiger partial charge is 0.115 e. The van der Waals surface area contributed by atoms with E-state index >= 15 is 0 Å². The van der Waals surface area contributed by atoms with Gasteiger partial charge in [-0.3, -0.25) is 0 Å². The van der Waals surface area contributed by atoms with E-state index in [1.807, 2.05) is 60.7 Å². The van der Waals surface area contributed by atoms with Gasteiger partial charge in [-0.1, -0.05) is 41.4 Å². The van der Waals surface area contributed by atoms with E-state index in [1.54, 1.807) is 6.07 Å². The Hall–Kier alpha value is -4.54. The molecule has 0 aliphatic rings. The number of rotatable bonds is 0. The summed E-state index contributed by atoms with van der Waals surface area (Å²) < 4.78 is 0. The van der Waals surface area contributed by atoms with Crippen LogP contribution in [-0.2, 0) is 0 Å². The average Bonchev–Trinajstić information content (AvgIpc) is 2.77. The van der Waals surface area contributed by atoms with Crippen LogP contribution in [0.1, 0.15) is 38.9 Å². The summed E-state index contributed by atoms with van der Waals surface area (Å²) in [7, 11) is 0. The zero-order valence-electron chi connectivity index (χ0n) is 15.1. The van der Waals surface area contributed by atoms with E-state index in [2.05, 4.69) is 41.4 Å². The fourth-order valence-electron chi connectivity index (χ4n) is 2.44. The topological polar surface area (TPSA) is 0 Å². The van der Waals surface area contributed by atoms with Crippen molar-refractivity contribution in [1.29, 1.82) is 0 Å². The van der Waals surface area contributed by atoms with Crippen LogP contribution in [-0.4, -0.2) is 0 Å². The lowest BCUT2D eigenvalue weighted by Crippen LogP contribution is -1.84. The van der Waals surface area contributed by atoms with Crippen molar-refractivity contribution in [3.8, 4) is 60.7 Å². The molecule has 0 fully saturated rings. The summed E-state index contributed by atoms with van der Waals surface area (Å²) in [5.41, 5.74) is 5.80. The molecular weight excluding hydrogens is 336 g/mol. The second-order valence-corrected chi connectivity index (χ2v) is 5.89. The summed E-state index contributed by atoms with van der Waals surface area (Å²) in [6.07, 6.45) is 16.3. The molecule has 0 unspecified atom stereocenters. The predicted octanol–water partition coefficient (Wildman–Crippen LogP) is 4.43. The molecule has 0 atom stereocenters. The SMILES string of the molecule is C#Cc1ccc(C#Cc2ccc(C#Cc3cc(C#C)cc(C#C)c3)cc2)cc1. The molecule has 0 radical (unpaired) electrons. The van der Waals surface area contributed by atoms with E-state index in [9.17, 15) is 0 Å². The monoisotopic (exact) mass is 350 g/mol. The van der Waals surface area contributed by atoms with Crippen LogP contribution in [0.25, 0.3) is 0 Å². The highest BCUT2D eigenvalue weighted by Gasteiger charge is 1.96. The maximum absolute atomic E-state index is 5.46. The maximum Gasteiger partial charge on any atom is 0.0273 e. The van der Waals surface area contributed by atoms with Gasteiger partial charge in [0.15, 0.2) is 0 Å². The molecule has 0 heteroatoms. The minimum atomic E-state index is 0.723. The highest BCUT2D eigenvalue weighted by atomic mass is 14.0. The van der Waals surface area contributed by atoms with Gasteiger partial charge in [0.1, 0.15) is 0 Å². The molecule has 0 spiro atoms. The lowest BCUT2D eigenvalue weighted by Gasteiger charge is -1.97. The van der Waals surface area contributed by atoms with E-state index in [0.29, 0.717) is 0 Å². The van der Waals surface area contributed by atoms with Gasteiger partial charge in [0, 0.05) is 38.9 Å². The minimum absolute atomic E-state index is 0.723. The number of benzene rings is 3. The average molecular weight is 350 g/mol. The third kappa shape index (κ3) is 4.76. The molecule has 0 aliphatic heterocycles. The minimum Gasteiger partial charge on any atom is -0.115 e. The van der Waals surface area contributed by atoms with Crippen LogP contribution >= 0.6 is 0 Å². The van der Waals surface area contributed by atoms with Crippen molar-refractivity contribution in [2.75, 3.05) is 0 Å². The fourth-order valence-corrected chi connectivity index (χ4v) is 2.44. The second-order valence-electron chi connectivity index (χ2n) is 5.89. The maximum atomic E-state index is 5.46. The summed E-state index contributed by atoms with van der Waals surface area (Å²) >= 11 is 0. The van der Waals surface area contributed by atoms with Crippen molar-refractivity contribution in [1.82, 2.24) is 0 Å². The van der Waals surface area contributed by atoms with Crippen LogP contribution < -0.4 is 0 Å². The Kier molecular flexibility index (Phi) is 5.68. The third-order valence-corrected chi connectivity index (χ3v) is 3.91. The van der Waals surface area contributed by atoms with Gasteiger partial charge in [-0.2, -0.15) is 0 Å². The fraction of sp³-hybridized carbons (Fsp3) is 0. The van der Waals surface area contributed by atoms with Crippen LogP contribution in [0, 0.1) is 60.7 Å².